The highest BCUT2D eigenvalue weighted by atomic mass is 19.2. The lowest BCUT2D eigenvalue weighted by atomic mass is 10.1. The Morgan fingerprint density at radius 2 is 1.90 bits per heavy atom. The highest BCUT2D eigenvalue weighted by Crippen LogP contribution is 2.34. The third-order valence-electron chi connectivity index (χ3n) is 3.53. The van der Waals surface area contributed by atoms with Crippen LogP contribution in [0.2, 0.25) is 0 Å². The van der Waals surface area contributed by atoms with Crippen molar-refractivity contribution in [1.82, 2.24) is 9.55 Å². The Labute approximate surface area is 117 Å². The number of imidazole rings is 1. The van der Waals surface area contributed by atoms with E-state index in [0.29, 0.717) is 0 Å². The van der Waals surface area contributed by atoms with Crippen LogP contribution < -0.4 is 5.73 Å². The van der Waals surface area contributed by atoms with Crippen molar-refractivity contribution >= 4 is 17.0 Å². The van der Waals surface area contributed by atoms with Gasteiger partial charge in [0.15, 0.2) is 17.9 Å². The number of hydrogen-bond acceptors (Lipinski definition) is 6. The predicted molar refractivity (Wildman–Crippen MR) is 67.1 cm³/mol. The van der Waals surface area contributed by atoms with Crippen LogP contribution in [0.1, 0.15) is 6.23 Å². The van der Waals surface area contributed by atoms with E-state index < -0.39 is 42.8 Å². The maximum atomic E-state index is 13.4. The molecule has 0 spiro atoms. The Balaban J connectivity index is 2.12. The molecular weight excluding hydrogens is 288 g/mol. The molecule has 3 rings (SSSR count). The molecule has 0 saturated carbocycles. The third-order valence-corrected chi connectivity index (χ3v) is 3.53. The van der Waals surface area contributed by atoms with Crippen molar-refractivity contribution in [2.45, 2.75) is 24.5 Å². The first-order valence-corrected chi connectivity index (χ1v) is 6.19. The van der Waals surface area contributed by atoms with Gasteiger partial charge < -0.3 is 25.8 Å². The fourth-order valence-corrected chi connectivity index (χ4v) is 2.47. The second kappa shape index (κ2) is 4.88. The van der Waals surface area contributed by atoms with Crippen LogP contribution in [0.3, 0.4) is 0 Å². The maximum absolute atomic E-state index is 13.4. The van der Waals surface area contributed by atoms with Crippen LogP contribution in [-0.2, 0) is 4.74 Å². The lowest BCUT2D eigenvalue weighted by molar-refractivity contribution is -0.0498. The zero-order chi connectivity index (χ0) is 15.3. The molecule has 21 heavy (non-hydrogen) atoms. The number of aliphatic hydroxyl groups excluding tert-OH is 3. The van der Waals surface area contributed by atoms with E-state index in [1.165, 1.54) is 0 Å². The molecule has 4 atom stereocenters. The quantitative estimate of drug-likeness (QED) is 0.595. The summed E-state index contributed by atoms with van der Waals surface area (Å²) in [6.45, 7) is -0.510. The second-order valence-corrected chi connectivity index (χ2v) is 4.82. The van der Waals surface area contributed by atoms with E-state index in [1.807, 2.05) is 0 Å². The summed E-state index contributed by atoms with van der Waals surface area (Å²) in [6, 6.07) is 1.75. The molecule has 0 radical (unpaired) electrons. The van der Waals surface area contributed by atoms with Gasteiger partial charge in [-0.2, -0.15) is 0 Å². The number of aromatic nitrogens is 2. The zero-order valence-corrected chi connectivity index (χ0v) is 10.6. The summed E-state index contributed by atoms with van der Waals surface area (Å²) in [6.07, 6.45) is -4.89. The monoisotopic (exact) mass is 301 g/mol. The van der Waals surface area contributed by atoms with Crippen molar-refractivity contribution in [3.05, 3.63) is 23.8 Å². The maximum Gasteiger partial charge on any atom is 0.203 e. The first-order chi connectivity index (χ1) is 9.93. The van der Waals surface area contributed by atoms with E-state index in [4.69, 9.17) is 15.6 Å². The van der Waals surface area contributed by atoms with Crippen molar-refractivity contribution in [2.24, 2.45) is 0 Å². The van der Waals surface area contributed by atoms with Gasteiger partial charge in [-0.05, 0) is 0 Å². The van der Waals surface area contributed by atoms with E-state index in [9.17, 15) is 19.0 Å². The number of nitrogens with two attached hydrogens (primary N) is 1. The van der Waals surface area contributed by atoms with Crippen LogP contribution >= 0.6 is 0 Å². The van der Waals surface area contributed by atoms with E-state index in [2.05, 4.69) is 4.98 Å². The predicted octanol–water partition coefficient (Wildman–Crippen LogP) is -0.492. The summed E-state index contributed by atoms with van der Waals surface area (Å²) in [5.41, 5.74) is 5.90. The molecule has 0 bridgehead atoms. The fourth-order valence-electron chi connectivity index (χ4n) is 2.47. The van der Waals surface area contributed by atoms with Gasteiger partial charge in [-0.25, -0.2) is 13.8 Å². The minimum Gasteiger partial charge on any atom is -0.394 e. The van der Waals surface area contributed by atoms with Crippen molar-refractivity contribution in [3.63, 3.8) is 0 Å². The number of halogens is 2. The molecule has 0 unspecified atom stereocenters. The molecule has 2 heterocycles. The third kappa shape index (κ3) is 2.05. The molecule has 9 heteroatoms. The first-order valence-electron chi connectivity index (χ1n) is 6.19. The standard InChI is InChI=1S/C12H13F2N3O4/c13-4-1-6-7(2-5(4)14)17(12(15)16-6)11-10(20)9(19)8(3-18)21-11/h1-2,8-11,18-20H,3H2,(H2,15,16)/t8-,9-,10-,11-/m1/s1. The van der Waals surface area contributed by atoms with Crippen LogP contribution in [-0.4, -0.2) is 49.8 Å². The lowest BCUT2D eigenvalue weighted by Crippen LogP contribution is -2.33. The van der Waals surface area contributed by atoms with E-state index in [-0.39, 0.29) is 17.0 Å². The Kier molecular flexibility index (Phi) is 3.29. The Morgan fingerprint density at radius 3 is 2.52 bits per heavy atom. The zero-order valence-electron chi connectivity index (χ0n) is 10.6. The first kappa shape index (κ1) is 14.1. The number of hydrogen-bond donors (Lipinski definition) is 4. The number of ether oxygens (including phenoxy) is 1. The molecule has 0 amide bonds. The number of rotatable bonds is 2. The molecular formula is C12H13F2N3O4. The minimum atomic E-state index is -1.39. The number of nitrogen functional groups attached to an aromatic ring is 1. The molecule has 5 N–H and O–H groups in total. The highest BCUT2D eigenvalue weighted by molar-refractivity contribution is 5.78. The van der Waals surface area contributed by atoms with Crippen molar-refractivity contribution in [3.8, 4) is 0 Å². The van der Waals surface area contributed by atoms with Crippen LogP contribution in [0.5, 0.6) is 0 Å². The molecule has 1 aromatic heterocycles. The molecule has 1 saturated heterocycles. The number of nitrogens with zero attached hydrogens (tertiary/aromatic N) is 2. The van der Waals surface area contributed by atoms with Gasteiger partial charge in [0.1, 0.15) is 18.3 Å². The van der Waals surface area contributed by atoms with Gasteiger partial charge in [-0.3, -0.25) is 4.57 Å². The molecule has 2 aromatic rings. The van der Waals surface area contributed by atoms with Gasteiger partial charge in [0.2, 0.25) is 5.95 Å². The number of anilines is 1. The molecule has 1 fully saturated rings. The molecule has 1 aliphatic heterocycles. The van der Waals surface area contributed by atoms with E-state index in [0.717, 1.165) is 16.7 Å². The van der Waals surface area contributed by atoms with Gasteiger partial charge in [0, 0.05) is 12.1 Å². The Bertz CT molecular complexity index is 693. The van der Waals surface area contributed by atoms with Gasteiger partial charge in [0.25, 0.3) is 0 Å². The SMILES string of the molecule is Nc1nc2cc(F)c(F)cc2n1[C@@H]1O[C@H](CO)[C@@H](O)[C@H]1O. The average molecular weight is 301 g/mol. The summed E-state index contributed by atoms with van der Waals surface area (Å²) in [7, 11) is 0. The normalized spacial score (nSPS) is 29.4. The lowest BCUT2D eigenvalue weighted by Gasteiger charge is -2.18. The molecule has 1 aromatic carbocycles. The molecule has 7 nitrogen and oxygen atoms in total. The number of aliphatic hydroxyl groups is 3. The smallest absolute Gasteiger partial charge is 0.203 e. The summed E-state index contributed by atoms with van der Waals surface area (Å²) in [5, 5.41) is 28.8. The average Bonchev–Trinajstić information content (AvgIpc) is 2.89. The summed E-state index contributed by atoms with van der Waals surface area (Å²) in [5.74, 6) is -2.31. The highest BCUT2D eigenvalue weighted by Gasteiger charge is 2.44. The van der Waals surface area contributed by atoms with Crippen molar-refractivity contribution in [1.29, 1.82) is 0 Å². The second-order valence-electron chi connectivity index (χ2n) is 4.82. The summed E-state index contributed by atoms with van der Waals surface area (Å²) in [4.78, 5) is 3.87. The fraction of sp³-hybridized carbons (Fsp3) is 0.417. The molecule has 1 aliphatic rings. The number of fused-ring (bicyclic) bond motifs is 1. The van der Waals surface area contributed by atoms with Gasteiger partial charge in [0.05, 0.1) is 17.6 Å². The molecule has 0 aliphatic carbocycles. The van der Waals surface area contributed by atoms with Crippen LogP contribution in [0, 0.1) is 11.6 Å². The van der Waals surface area contributed by atoms with Gasteiger partial charge >= 0.3 is 0 Å². The molecule has 114 valence electrons. The topological polar surface area (TPSA) is 114 Å². The Hall–Kier alpha value is -1.81. The van der Waals surface area contributed by atoms with Crippen LogP contribution in [0.15, 0.2) is 12.1 Å². The minimum absolute atomic E-state index is 0.0872. The summed E-state index contributed by atoms with van der Waals surface area (Å²) >= 11 is 0. The van der Waals surface area contributed by atoms with Crippen molar-refractivity contribution in [2.75, 3.05) is 12.3 Å². The van der Waals surface area contributed by atoms with Crippen LogP contribution in [0.4, 0.5) is 14.7 Å². The van der Waals surface area contributed by atoms with Gasteiger partial charge in [-0.1, -0.05) is 0 Å². The van der Waals surface area contributed by atoms with Gasteiger partial charge in [-0.15, -0.1) is 0 Å². The largest absolute Gasteiger partial charge is 0.394 e. The number of benzene rings is 1. The van der Waals surface area contributed by atoms with E-state index >= 15 is 0 Å². The summed E-state index contributed by atoms with van der Waals surface area (Å²) < 4.78 is 33.1. The van der Waals surface area contributed by atoms with E-state index in [1.54, 1.807) is 0 Å². The van der Waals surface area contributed by atoms with Crippen LogP contribution in [0.25, 0.3) is 11.0 Å². The van der Waals surface area contributed by atoms with Crippen molar-refractivity contribution < 1.29 is 28.8 Å². The Morgan fingerprint density at radius 1 is 1.24 bits per heavy atom.